The Balaban J connectivity index is 0.00000289. The maximum absolute atomic E-state index is 10.9. The molecule has 7 heteroatoms. The van der Waals surface area contributed by atoms with Gasteiger partial charge in [0.15, 0.2) is 5.96 Å². The Bertz CT molecular complexity index is 406. The van der Waals surface area contributed by atoms with E-state index < -0.39 is 6.09 Å². The summed E-state index contributed by atoms with van der Waals surface area (Å²) in [5.74, 6) is 0.391. The average molecular weight is 364 g/mol. The Morgan fingerprint density at radius 1 is 1.39 bits per heavy atom. The van der Waals surface area contributed by atoms with Crippen LogP contribution in [0.2, 0.25) is 0 Å². The molecule has 0 aliphatic carbocycles. The summed E-state index contributed by atoms with van der Waals surface area (Å²) < 4.78 is 4.48. The molecule has 1 aromatic rings. The van der Waals surface area contributed by atoms with Gasteiger partial charge in [-0.3, -0.25) is 10.3 Å². The number of ether oxygens (including phenoxy) is 1. The summed E-state index contributed by atoms with van der Waals surface area (Å²) in [7, 11) is 2.94. The van der Waals surface area contributed by atoms with Gasteiger partial charge in [0.05, 0.1) is 7.11 Å². The third-order valence-electron chi connectivity index (χ3n) is 2.10. The zero-order valence-corrected chi connectivity index (χ0v) is 12.6. The van der Waals surface area contributed by atoms with Crippen LogP contribution in [0, 0.1) is 0 Å². The first kappa shape index (κ1) is 16.5. The van der Waals surface area contributed by atoms with Crippen LogP contribution in [0.5, 0.6) is 0 Å². The van der Waals surface area contributed by atoms with Crippen LogP contribution in [0.1, 0.15) is 5.56 Å². The summed E-state index contributed by atoms with van der Waals surface area (Å²) in [6, 6.07) is 7.32. The van der Waals surface area contributed by atoms with Crippen LogP contribution in [-0.4, -0.2) is 26.2 Å². The smallest absolute Gasteiger partial charge is 0.411 e. The van der Waals surface area contributed by atoms with Gasteiger partial charge in [0.2, 0.25) is 0 Å². The lowest BCUT2D eigenvalue weighted by molar-refractivity contribution is 0.187. The largest absolute Gasteiger partial charge is 0.453 e. The number of hydrogen-bond donors (Lipinski definition) is 3. The molecule has 0 fully saturated rings. The van der Waals surface area contributed by atoms with E-state index in [1.165, 1.54) is 7.11 Å². The van der Waals surface area contributed by atoms with Crippen LogP contribution < -0.4 is 16.4 Å². The van der Waals surface area contributed by atoms with Gasteiger partial charge in [0.25, 0.3) is 0 Å². The molecule has 0 atom stereocenters. The number of anilines is 1. The van der Waals surface area contributed by atoms with Crippen LogP contribution in [0.15, 0.2) is 29.3 Å². The van der Waals surface area contributed by atoms with Crippen LogP contribution >= 0.6 is 24.0 Å². The van der Waals surface area contributed by atoms with E-state index in [4.69, 9.17) is 5.73 Å². The molecule has 0 aromatic heterocycles. The number of benzene rings is 1. The first-order chi connectivity index (χ1) is 8.15. The molecule has 0 spiro atoms. The minimum absolute atomic E-state index is 0. The fraction of sp³-hybridized carbons (Fsp3) is 0.273. The maximum atomic E-state index is 10.9. The van der Waals surface area contributed by atoms with Gasteiger partial charge < -0.3 is 15.8 Å². The van der Waals surface area contributed by atoms with Crippen LogP contribution in [0.4, 0.5) is 10.5 Å². The zero-order valence-electron chi connectivity index (χ0n) is 10.3. The molecule has 1 rings (SSSR count). The van der Waals surface area contributed by atoms with Gasteiger partial charge in [0.1, 0.15) is 0 Å². The van der Waals surface area contributed by atoms with E-state index in [1.54, 1.807) is 19.2 Å². The van der Waals surface area contributed by atoms with Gasteiger partial charge >= 0.3 is 6.09 Å². The van der Waals surface area contributed by atoms with Gasteiger partial charge in [-0.05, 0) is 17.7 Å². The number of halogens is 1. The number of nitrogens with two attached hydrogens (primary N) is 1. The molecule has 1 amide bonds. The number of hydrogen-bond acceptors (Lipinski definition) is 3. The monoisotopic (exact) mass is 364 g/mol. The molecule has 0 saturated carbocycles. The lowest BCUT2D eigenvalue weighted by Gasteiger charge is -2.07. The third kappa shape index (κ3) is 5.71. The van der Waals surface area contributed by atoms with Gasteiger partial charge in [-0.1, -0.05) is 12.1 Å². The summed E-state index contributed by atoms with van der Waals surface area (Å²) in [6.07, 6.45) is -0.488. The minimum atomic E-state index is -0.488. The topological polar surface area (TPSA) is 88.7 Å². The van der Waals surface area contributed by atoms with Gasteiger partial charge in [-0.15, -0.1) is 24.0 Å². The number of amides is 1. The summed E-state index contributed by atoms with van der Waals surface area (Å²) in [6.45, 7) is 0.585. The van der Waals surface area contributed by atoms with Crippen molar-refractivity contribution in [2.24, 2.45) is 10.7 Å². The average Bonchev–Trinajstić information content (AvgIpc) is 2.37. The van der Waals surface area contributed by atoms with Gasteiger partial charge in [-0.2, -0.15) is 0 Å². The second-order valence-corrected chi connectivity index (χ2v) is 3.28. The van der Waals surface area contributed by atoms with Gasteiger partial charge in [0, 0.05) is 19.3 Å². The van der Waals surface area contributed by atoms with Crippen molar-refractivity contribution >= 4 is 41.7 Å². The van der Waals surface area contributed by atoms with Crippen molar-refractivity contribution in [2.45, 2.75) is 6.54 Å². The molecule has 1 aromatic carbocycles. The lowest BCUT2D eigenvalue weighted by atomic mass is 10.2. The van der Waals surface area contributed by atoms with Crippen LogP contribution in [-0.2, 0) is 11.3 Å². The fourth-order valence-corrected chi connectivity index (χ4v) is 1.15. The minimum Gasteiger partial charge on any atom is -0.453 e. The van der Waals surface area contributed by atoms with Crippen molar-refractivity contribution in [3.63, 3.8) is 0 Å². The lowest BCUT2D eigenvalue weighted by Crippen LogP contribution is -2.30. The molecule has 0 heterocycles. The summed E-state index contributed by atoms with van der Waals surface area (Å²) in [5, 5.41) is 5.50. The molecule has 18 heavy (non-hydrogen) atoms. The Hall–Kier alpha value is -1.51. The molecule has 0 aliphatic heterocycles. The van der Waals surface area contributed by atoms with Crippen molar-refractivity contribution in [3.05, 3.63) is 29.8 Å². The van der Waals surface area contributed by atoms with Crippen LogP contribution in [0.3, 0.4) is 0 Å². The number of aliphatic imine (C=N–C) groups is 1. The Morgan fingerprint density at radius 3 is 2.50 bits per heavy atom. The zero-order chi connectivity index (χ0) is 12.7. The third-order valence-corrected chi connectivity index (χ3v) is 2.10. The normalized spacial score (nSPS) is 10.2. The molecule has 4 N–H and O–H groups in total. The molecule has 0 radical (unpaired) electrons. The highest BCUT2D eigenvalue weighted by Gasteiger charge is 2.00. The number of nitrogens with zero attached hydrogens (tertiary/aromatic N) is 1. The highest BCUT2D eigenvalue weighted by atomic mass is 127. The van der Waals surface area contributed by atoms with E-state index in [1.807, 2.05) is 12.1 Å². The van der Waals surface area contributed by atoms with E-state index in [0.717, 1.165) is 5.56 Å². The molecule has 6 nitrogen and oxygen atoms in total. The predicted octanol–water partition coefficient (Wildman–Crippen LogP) is 1.52. The summed E-state index contributed by atoms with van der Waals surface area (Å²) in [4.78, 5) is 14.7. The molecule has 0 bridgehead atoms. The number of methoxy groups -OCH3 is 1. The van der Waals surface area contributed by atoms with E-state index in [-0.39, 0.29) is 24.0 Å². The molecular weight excluding hydrogens is 347 g/mol. The predicted molar refractivity (Wildman–Crippen MR) is 82.3 cm³/mol. The first-order valence-electron chi connectivity index (χ1n) is 5.05. The summed E-state index contributed by atoms with van der Waals surface area (Å²) >= 11 is 0. The van der Waals surface area contributed by atoms with E-state index in [0.29, 0.717) is 18.2 Å². The number of carbonyl (C=O) groups excluding carboxylic acids is 1. The second-order valence-electron chi connectivity index (χ2n) is 3.28. The molecule has 100 valence electrons. The highest BCUT2D eigenvalue weighted by Crippen LogP contribution is 2.09. The number of guanidine groups is 1. The molecule has 0 aliphatic rings. The number of nitrogens with one attached hydrogen (secondary N) is 2. The molecular formula is C11H17IN4O2. The Morgan fingerprint density at radius 2 is 2.00 bits per heavy atom. The number of rotatable bonds is 3. The Kier molecular flexibility index (Phi) is 7.84. The maximum Gasteiger partial charge on any atom is 0.411 e. The van der Waals surface area contributed by atoms with E-state index >= 15 is 0 Å². The fourth-order valence-electron chi connectivity index (χ4n) is 1.15. The van der Waals surface area contributed by atoms with Crippen molar-refractivity contribution in [1.29, 1.82) is 0 Å². The molecule has 0 saturated heterocycles. The quantitative estimate of drug-likeness (QED) is 0.431. The van der Waals surface area contributed by atoms with Crippen LogP contribution in [0.25, 0.3) is 0 Å². The van der Waals surface area contributed by atoms with Crippen molar-refractivity contribution in [2.75, 3.05) is 19.5 Å². The SMILES string of the molecule is CN=C(N)NCc1ccc(NC(=O)OC)cc1.I. The van der Waals surface area contributed by atoms with Crippen molar-refractivity contribution in [1.82, 2.24) is 5.32 Å². The van der Waals surface area contributed by atoms with Gasteiger partial charge in [-0.25, -0.2) is 4.79 Å². The van der Waals surface area contributed by atoms with Crippen molar-refractivity contribution < 1.29 is 9.53 Å². The van der Waals surface area contributed by atoms with E-state index in [2.05, 4.69) is 20.4 Å². The summed E-state index contributed by atoms with van der Waals surface area (Å²) in [5.41, 5.74) is 7.21. The van der Waals surface area contributed by atoms with Crippen molar-refractivity contribution in [3.8, 4) is 0 Å². The number of carbonyl (C=O) groups is 1. The highest BCUT2D eigenvalue weighted by molar-refractivity contribution is 14.0. The first-order valence-corrected chi connectivity index (χ1v) is 5.05. The standard InChI is InChI=1S/C11H16N4O2.HI/c1-13-10(12)14-7-8-3-5-9(6-4-8)15-11(16)17-2;/h3-6H,7H2,1-2H3,(H,15,16)(H3,12,13,14);1H. The molecule has 0 unspecified atom stereocenters. The van der Waals surface area contributed by atoms with E-state index in [9.17, 15) is 4.79 Å². The Labute approximate surface area is 123 Å². The second kappa shape index (κ2) is 8.56.